The van der Waals surface area contributed by atoms with Gasteiger partial charge < -0.3 is 23.8 Å². The van der Waals surface area contributed by atoms with Crippen molar-refractivity contribution in [1.29, 1.82) is 0 Å². The van der Waals surface area contributed by atoms with Gasteiger partial charge in [0.15, 0.2) is 0 Å². The van der Waals surface area contributed by atoms with Gasteiger partial charge in [0, 0.05) is 29.7 Å². The van der Waals surface area contributed by atoms with Crippen LogP contribution in [0.15, 0.2) is 77.3 Å². The largest absolute Gasteiger partial charge is 1.00 e. The van der Waals surface area contributed by atoms with Gasteiger partial charge in [-0.15, -0.1) is 0 Å². The Hall–Kier alpha value is -3.53. The molecule has 0 aliphatic rings. The molecule has 2 aromatic carbocycles. The third-order valence-electron chi connectivity index (χ3n) is 4.77. The molecule has 2 aromatic heterocycles. The Labute approximate surface area is 203 Å². The number of carboxylic acids is 1. The van der Waals surface area contributed by atoms with Crippen molar-refractivity contribution in [2.45, 2.75) is 26.6 Å². The second-order valence-corrected chi connectivity index (χ2v) is 7.13. The number of ether oxygens (including phenoxy) is 2. The van der Waals surface area contributed by atoms with Gasteiger partial charge in [0.2, 0.25) is 11.8 Å². The summed E-state index contributed by atoms with van der Waals surface area (Å²) in [6.07, 6.45) is 1.31. The van der Waals surface area contributed by atoms with Crippen molar-refractivity contribution >= 4 is 5.97 Å². The fourth-order valence-electron chi connectivity index (χ4n) is 3.10. The second kappa shape index (κ2) is 11.4. The van der Waals surface area contributed by atoms with Crippen LogP contribution in [0.1, 0.15) is 22.6 Å². The van der Waals surface area contributed by atoms with E-state index in [1.807, 2.05) is 61.5 Å². The summed E-state index contributed by atoms with van der Waals surface area (Å²) in [5.74, 6) is 1.08. The summed E-state index contributed by atoms with van der Waals surface area (Å²) in [7, 11) is 0. The molecule has 4 aromatic rings. The monoisotopic (exact) mass is 436 g/mol. The van der Waals surface area contributed by atoms with E-state index in [9.17, 15) is 9.90 Å². The number of aromatic nitrogens is 2. The van der Waals surface area contributed by atoms with Gasteiger partial charge in [-0.05, 0) is 42.8 Å². The molecular formula is C25H21LiN2O5. The zero-order valence-corrected chi connectivity index (χ0v) is 18.5. The van der Waals surface area contributed by atoms with Crippen molar-refractivity contribution in [3.63, 3.8) is 0 Å². The Bertz CT molecular complexity index is 1190. The summed E-state index contributed by atoms with van der Waals surface area (Å²) in [5.41, 5.74) is 3.03. The molecule has 0 saturated carbocycles. The van der Waals surface area contributed by atoms with Crippen LogP contribution in [0.3, 0.4) is 0 Å². The van der Waals surface area contributed by atoms with Crippen LogP contribution in [-0.4, -0.2) is 15.9 Å². The van der Waals surface area contributed by atoms with Crippen molar-refractivity contribution in [3.8, 4) is 23.1 Å². The molecule has 0 spiro atoms. The Balaban J connectivity index is 0.00000306. The van der Waals surface area contributed by atoms with Gasteiger partial charge in [-0.2, -0.15) is 0 Å². The van der Waals surface area contributed by atoms with Crippen LogP contribution in [-0.2, 0) is 24.4 Å². The Morgan fingerprint density at radius 3 is 2.45 bits per heavy atom. The molecule has 4 rings (SSSR count). The SMILES string of the molecule is Cc1oc(-c2ccccc2)nc1COc1ccc(COc2ncccc2CC(=O)[O-])cc1.[Li+]. The minimum Gasteiger partial charge on any atom is -0.550 e. The van der Waals surface area contributed by atoms with E-state index in [-0.39, 0.29) is 37.8 Å². The summed E-state index contributed by atoms with van der Waals surface area (Å²) in [6.45, 7) is 2.41. The average Bonchev–Trinajstić information content (AvgIpc) is 3.18. The fraction of sp³-hybridized carbons (Fsp3) is 0.160. The van der Waals surface area contributed by atoms with E-state index in [1.165, 1.54) is 0 Å². The molecule has 8 heteroatoms. The summed E-state index contributed by atoms with van der Waals surface area (Å²) < 4.78 is 17.3. The van der Waals surface area contributed by atoms with Gasteiger partial charge >= 0.3 is 18.9 Å². The van der Waals surface area contributed by atoms with E-state index in [1.54, 1.807) is 18.3 Å². The first-order valence-corrected chi connectivity index (χ1v) is 10.1. The minimum absolute atomic E-state index is 0. The van der Waals surface area contributed by atoms with Crippen LogP contribution >= 0.6 is 0 Å². The van der Waals surface area contributed by atoms with Crippen LogP contribution in [0.5, 0.6) is 11.6 Å². The van der Waals surface area contributed by atoms with E-state index >= 15 is 0 Å². The van der Waals surface area contributed by atoms with Gasteiger partial charge in [-0.3, -0.25) is 0 Å². The Morgan fingerprint density at radius 1 is 0.970 bits per heavy atom. The van der Waals surface area contributed by atoms with Crippen LogP contribution < -0.4 is 33.4 Å². The summed E-state index contributed by atoms with van der Waals surface area (Å²) in [5, 5.41) is 10.9. The average molecular weight is 436 g/mol. The van der Waals surface area contributed by atoms with E-state index in [0.29, 0.717) is 23.8 Å². The van der Waals surface area contributed by atoms with Gasteiger partial charge in [-0.1, -0.05) is 36.4 Å². The Morgan fingerprint density at radius 2 is 1.73 bits per heavy atom. The molecule has 0 unspecified atom stereocenters. The van der Waals surface area contributed by atoms with Crippen molar-refractivity contribution in [1.82, 2.24) is 9.97 Å². The first-order chi connectivity index (χ1) is 15.6. The molecule has 0 aliphatic heterocycles. The number of rotatable bonds is 9. The number of pyridine rings is 1. The van der Waals surface area contributed by atoms with Gasteiger partial charge in [0.25, 0.3) is 0 Å². The zero-order valence-electron chi connectivity index (χ0n) is 18.5. The van der Waals surface area contributed by atoms with E-state index in [2.05, 4.69) is 9.97 Å². The smallest absolute Gasteiger partial charge is 0.550 e. The van der Waals surface area contributed by atoms with Crippen molar-refractivity contribution in [2.75, 3.05) is 0 Å². The van der Waals surface area contributed by atoms with Crippen LogP contribution in [0.2, 0.25) is 0 Å². The number of hydrogen-bond donors (Lipinski definition) is 0. The number of carboxylic acid groups (broad SMARTS) is 1. The number of carbonyl (C=O) groups is 1. The molecule has 33 heavy (non-hydrogen) atoms. The maximum atomic E-state index is 10.9. The molecule has 162 valence electrons. The number of aryl methyl sites for hydroxylation is 1. The van der Waals surface area contributed by atoms with Crippen LogP contribution in [0, 0.1) is 6.92 Å². The maximum Gasteiger partial charge on any atom is 1.00 e. The third kappa shape index (κ3) is 6.48. The normalized spacial score (nSPS) is 10.3. The quantitative estimate of drug-likeness (QED) is 0.353. The molecule has 7 nitrogen and oxygen atoms in total. The predicted octanol–water partition coefficient (Wildman–Crippen LogP) is 0.499. The molecule has 0 saturated heterocycles. The van der Waals surface area contributed by atoms with E-state index in [0.717, 1.165) is 22.6 Å². The molecule has 0 aliphatic carbocycles. The number of carbonyl (C=O) groups excluding carboxylic acids is 1. The number of hydrogen-bond acceptors (Lipinski definition) is 7. The summed E-state index contributed by atoms with van der Waals surface area (Å²) >= 11 is 0. The fourth-order valence-corrected chi connectivity index (χ4v) is 3.10. The first kappa shape index (κ1) is 24.1. The maximum absolute atomic E-state index is 10.9. The number of benzene rings is 2. The molecule has 0 bridgehead atoms. The topological polar surface area (TPSA) is 97.5 Å². The number of aliphatic carboxylic acids is 1. The molecule has 2 heterocycles. The molecule has 0 N–H and O–H groups in total. The van der Waals surface area contributed by atoms with Gasteiger partial charge in [0.1, 0.15) is 30.4 Å². The standard InChI is InChI=1S/C25H22N2O5.Li/c1-17-22(27-25(32-17)19-6-3-2-4-7-19)16-30-21-11-9-18(10-12-21)15-31-24-20(14-23(28)29)8-5-13-26-24;/h2-13H,14-16H2,1H3,(H,28,29);/q;+1/p-1. The minimum atomic E-state index is -1.18. The molecule has 0 radical (unpaired) electrons. The summed E-state index contributed by atoms with van der Waals surface area (Å²) in [4.78, 5) is 19.5. The molecule has 0 fully saturated rings. The summed E-state index contributed by atoms with van der Waals surface area (Å²) in [6, 6.07) is 20.5. The first-order valence-electron chi connectivity index (χ1n) is 10.1. The van der Waals surface area contributed by atoms with Gasteiger partial charge in [0.05, 0.1) is 0 Å². The van der Waals surface area contributed by atoms with Crippen molar-refractivity contribution in [3.05, 3.63) is 95.5 Å². The van der Waals surface area contributed by atoms with Crippen LogP contribution in [0.4, 0.5) is 0 Å². The van der Waals surface area contributed by atoms with Crippen LogP contribution in [0.25, 0.3) is 11.5 Å². The van der Waals surface area contributed by atoms with Gasteiger partial charge in [-0.25, -0.2) is 9.97 Å². The van der Waals surface area contributed by atoms with Crippen molar-refractivity contribution in [2.24, 2.45) is 0 Å². The Kier molecular flexibility index (Phi) is 8.31. The van der Waals surface area contributed by atoms with Crippen molar-refractivity contribution < 1.29 is 42.7 Å². The third-order valence-corrected chi connectivity index (χ3v) is 4.77. The zero-order chi connectivity index (χ0) is 22.3. The molecular weight excluding hydrogens is 415 g/mol. The second-order valence-electron chi connectivity index (χ2n) is 7.13. The molecule has 0 amide bonds. The van der Waals surface area contributed by atoms with E-state index in [4.69, 9.17) is 13.9 Å². The number of nitrogens with zero attached hydrogens (tertiary/aromatic N) is 2. The molecule has 0 atom stereocenters. The number of oxazole rings is 1. The van der Waals surface area contributed by atoms with E-state index < -0.39 is 5.97 Å². The predicted molar refractivity (Wildman–Crippen MR) is 115 cm³/mol.